The summed E-state index contributed by atoms with van der Waals surface area (Å²) in [7, 11) is 0. The van der Waals surface area contributed by atoms with Crippen molar-refractivity contribution in [1.82, 2.24) is 29.5 Å². The summed E-state index contributed by atoms with van der Waals surface area (Å²) in [5.41, 5.74) is 6.60. The van der Waals surface area contributed by atoms with Crippen molar-refractivity contribution in [3.63, 3.8) is 0 Å². The second-order valence-corrected chi connectivity index (χ2v) is 9.09. The Bertz CT molecular complexity index is 1840. The van der Waals surface area contributed by atoms with Gasteiger partial charge in [0, 0.05) is 40.3 Å². The molecule has 7 aromatic rings. The summed E-state index contributed by atoms with van der Waals surface area (Å²) in [4.78, 5) is 23.9. The Morgan fingerprint density at radius 1 is 0.462 bits per heavy atom. The minimum Gasteiger partial charge on any atom is -0.292 e. The molecule has 7 rings (SSSR count). The molecule has 184 valence electrons. The molecule has 0 atom stereocenters. The Labute approximate surface area is 225 Å². The van der Waals surface area contributed by atoms with E-state index in [1.165, 1.54) is 0 Å². The largest absolute Gasteiger partial charge is 0.292 e. The number of rotatable bonds is 5. The lowest BCUT2D eigenvalue weighted by atomic mass is 10.1. The van der Waals surface area contributed by atoms with Gasteiger partial charge < -0.3 is 0 Å². The van der Waals surface area contributed by atoms with E-state index in [-0.39, 0.29) is 0 Å². The molecule has 0 aliphatic heterocycles. The third-order valence-corrected chi connectivity index (χ3v) is 6.54. The lowest BCUT2D eigenvalue weighted by Crippen LogP contribution is -2.01. The van der Waals surface area contributed by atoms with Crippen LogP contribution < -0.4 is 0 Å². The summed E-state index contributed by atoms with van der Waals surface area (Å²) in [5.74, 6) is 2.70. The molecule has 3 aromatic heterocycles. The van der Waals surface area contributed by atoms with Gasteiger partial charge in [-0.05, 0) is 36.4 Å². The Balaban J connectivity index is 1.42. The number of imidazole rings is 1. The SMILES string of the molecule is c1ccc(-c2nc(-c3ccccc3)nc(-c3cccc(-n4c(-c5cccnc5)nc5ccccc54)c3)n2)cc1. The number of pyridine rings is 1. The molecule has 0 N–H and O–H groups in total. The minimum absolute atomic E-state index is 0.608. The molecule has 0 aliphatic carbocycles. The van der Waals surface area contributed by atoms with Gasteiger partial charge in [0.05, 0.1) is 11.0 Å². The molecule has 0 amide bonds. The Hall–Kier alpha value is -5.49. The van der Waals surface area contributed by atoms with Crippen LogP contribution in [-0.4, -0.2) is 29.5 Å². The van der Waals surface area contributed by atoms with Crippen molar-refractivity contribution in [3.8, 4) is 51.2 Å². The molecule has 0 unspecified atom stereocenters. The fraction of sp³-hybridized carbons (Fsp3) is 0. The molecule has 0 spiro atoms. The highest BCUT2D eigenvalue weighted by molar-refractivity contribution is 5.83. The van der Waals surface area contributed by atoms with Crippen molar-refractivity contribution in [2.45, 2.75) is 0 Å². The van der Waals surface area contributed by atoms with Crippen molar-refractivity contribution in [2.75, 3.05) is 0 Å². The standard InChI is InChI=1S/C33H22N6/c1-3-11-23(12-4-1)30-36-31(24-13-5-2-6-14-24)38-32(37-30)25-15-9-17-27(21-25)39-29-19-8-7-18-28(29)35-33(39)26-16-10-20-34-22-26/h1-22H. The summed E-state index contributed by atoms with van der Waals surface area (Å²) in [6.07, 6.45) is 3.61. The van der Waals surface area contributed by atoms with Gasteiger partial charge in [0.2, 0.25) is 0 Å². The van der Waals surface area contributed by atoms with Crippen LogP contribution in [-0.2, 0) is 0 Å². The molecule has 0 bridgehead atoms. The number of fused-ring (bicyclic) bond motifs is 1. The maximum Gasteiger partial charge on any atom is 0.164 e. The van der Waals surface area contributed by atoms with Crippen LogP contribution in [0.1, 0.15) is 0 Å². The van der Waals surface area contributed by atoms with Gasteiger partial charge in [-0.3, -0.25) is 9.55 Å². The van der Waals surface area contributed by atoms with E-state index >= 15 is 0 Å². The first kappa shape index (κ1) is 22.7. The van der Waals surface area contributed by atoms with E-state index in [2.05, 4.69) is 27.8 Å². The highest BCUT2D eigenvalue weighted by Gasteiger charge is 2.16. The first-order valence-electron chi connectivity index (χ1n) is 12.7. The van der Waals surface area contributed by atoms with Crippen molar-refractivity contribution in [1.29, 1.82) is 0 Å². The second kappa shape index (κ2) is 9.76. The fourth-order valence-corrected chi connectivity index (χ4v) is 4.70. The van der Waals surface area contributed by atoms with Crippen LogP contribution >= 0.6 is 0 Å². The molecule has 39 heavy (non-hydrogen) atoms. The molecule has 3 heterocycles. The summed E-state index contributed by atoms with van der Waals surface area (Å²) in [5, 5.41) is 0. The lowest BCUT2D eigenvalue weighted by molar-refractivity contribution is 1.07. The predicted molar refractivity (Wildman–Crippen MR) is 154 cm³/mol. The van der Waals surface area contributed by atoms with Crippen LogP contribution in [0.3, 0.4) is 0 Å². The number of nitrogens with zero attached hydrogens (tertiary/aromatic N) is 6. The van der Waals surface area contributed by atoms with Gasteiger partial charge in [-0.25, -0.2) is 19.9 Å². The van der Waals surface area contributed by atoms with Gasteiger partial charge in [0.15, 0.2) is 17.5 Å². The summed E-state index contributed by atoms with van der Waals surface area (Å²) >= 11 is 0. The van der Waals surface area contributed by atoms with Crippen molar-refractivity contribution in [2.24, 2.45) is 0 Å². The third kappa shape index (κ3) is 4.34. The first-order chi connectivity index (χ1) is 19.3. The van der Waals surface area contributed by atoms with Crippen LogP contribution in [0.15, 0.2) is 134 Å². The van der Waals surface area contributed by atoms with Crippen molar-refractivity contribution in [3.05, 3.63) is 134 Å². The zero-order valence-corrected chi connectivity index (χ0v) is 20.9. The van der Waals surface area contributed by atoms with E-state index in [4.69, 9.17) is 19.9 Å². The van der Waals surface area contributed by atoms with Gasteiger partial charge in [0.25, 0.3) is 0 Å². The van der Waals surface area contributed by atoms with Crippen LogP contribution in [0.5, 0.6) is 0 Å². The van der Waals surface area contributed by atoms with Gasteiger partial charge in [-0.1, -0.05) is 84.9 Å². The van der Waals surface area contributed by atoms with Crippen LogP contribution in [0.25, 0.3) is 62.3 Å². The molecule has 0 saturated carbocycles. The molecule has 6 nitrogen and oxygen atoms in total. The van der Waals surface area contributed by atoms with Gasteiger partial charge in [0.1, 0.15) is 5.82 Å². The Morgan fingerprint density at radius 3 is 1.72 bits per heavy atom. The molecule has 0 saturated heterocycles. The quantitative estimate of drug-likeness (QED) is 0.247. The molecule has 0 radical (unpaired) electrons. The average molecular weight is 503 g/mol. The van der Waals surface area contributed by atoms with E-state index in [1.807, 2.05) is 109 Å². The van der Waals surface area contributed by atoms with Gasteiger partial charge >= 0.3 is 0 Å². The second-order valence-electron chi connectivity index (χ2n) is 9.09. The average Bonchev–Trinajstić information content (AvgIpc) is 3.42. The highest BCUT2D eigenvalue weighted by Crippen LogP contribution is 2.31. The lowest BCUT2D eigenvalue weighted by Gasteiger charge is -2.12. The topological polar surface area (TPSA) is 69.4 Å². The van der Waals surface area contributed by atoms with Gasteiger partial charge in [-0.2, -0.15) is 0 Å². The van der Waals surface area contributed by atoms with Crippen LogP contribution in [0.4, 0.5) is 0 Å². The minimum atomic E-state index is 0.608. The van der Waals surface area contributed by atoms with Gasteiger partial charge in [-0.15, -0.1) is 0 Å². The monoisotopic (exact) mass is 502 g/mol. The van der Waals surface area contributed by atoms with E-state index in [9.17, 15) is 0 Å². The van der Waals surface area contributed by atoms with Crippen LogP contribution in [0.2, 0.25) is 0 Å². The summed E-state index contributed by atoms with van der Waals surface area (Å²) < 4.78 is 2.16. The van der Waals surface area contributed by atoms with E-state index in [0.717, 1.165) is 44.8 Å². The smallest absolute Gasteiger partial charge is 0.164 e. The molecule has 0 aliphatic rings. The first-order valence-corrected chi connectivity index (χ1v) is 12.7. The Morgan fingerprint density at radius 2 is 1.05 bits per heavy atom. The molecule has 0 fully saturated rings. The van der Waals surface area contributed by atoms with E-state index in [1.54, 1.807) is 6.20 Å². The molecular weight excluding hydrogens is 480 g/mol. The zero-order valence-electron chi connectivity index (χ0n) is 20.9. The number of para-hydroxylation sites is 2. The fourth-order valence-electron chi connectivity index (χ4n) is 4.70. The molecule has 4 aromatic carbocycles. The maximum atomic E-state index is 4.95. The van der Waals surface area contributed by atoms with Crippen LogP contribution in [0, 0.1) is 0 Å². The Kier molecular flexibility index (Phi) is 5.68. The predicted octanol–water partition coefficient (Wildman–Crippen LogP) is 7.27. The molecule has 6 heteroatoms. The van der Waals surface area contributed by atoms with E-state index in [0.29, 0.717) is 17.5 Å². The normalized spacial score (nSPS) is 11.1. The maximum absolute atomic E-state index is 4.95. The van der Waals surface area contributed by atoms with Crippen molar-refractivity contribution < 1.29 is 0 Å². The van der Waals surface area contributed by atoms with E-state index < -0.39 is 0 Å². The summed E-state index contributed by atoms with van der Waals surface area (Å²) in [6, 6.07) is 40.3. The number of hydrogen-bond donors (Lipinski definition) is 0. The third-order valence-electron chi connectivity index (χ3n) is 6.54. The molecular formula is C33H22N6. The highest BCUT2D eigenvalue weighted by atomic mass is 15.1. The number of aromatic nitrogens is 6. The van der Waals surface area contributed by atoms with Crippen molar-refractivity contribution >= 4 is 11.0 Å². The number of hydrogen-bond acceptors (Lipinski definition) is 5. The zero-order chi connectivity index (χ0) is 26.0. The summed E-state index contributed by atoms with van der Waals surface area (Å²) in [6.45, 7) is 0. The number of benzene rings is 4.